The molecule has 2 aromatic rings. The number of likely N-dealkylation sites (tertiary alicyclic amines) is 1. The van der Waals surface area contributed by atoms with Gasteiger partial charge in [-0.15, -0.1) is 15.3 Å². The zero-order chi connectivity index (χ0) is 20.8. The molecule has 1 atom stereocenters. The summed E-state index contributed by atoms with van der Waals surface area (Å²) < 4.78 is 26.7. The van der Waals surface area contributed by atoms with Crippen LogP contribution in [-0.4, -0.2) is 101 Å². The van der Waals surface area contributed by atoms with Crippen LogP contribution < -0.4 is 4.90 Å². The van der Waals surface area contributed by atoms with Gasteiger partial charge in [-0.25, -0.2) is 8.42 Å². The largest absolute Gasteiger partial charge is 0.387 e. The third kappa shape index (κ3) is 4.23. The molecule has 1 unspecified atom stereocenters. The van der Waals surface area contributed by atoms with Crippen molar-refractivity contribution < 1.29 is 13.5 Å². The van der Waals surface area contributed by atoms with Crippen molar-refractivity contribution in [2.45, 2.75) is 30.8 Å². The molecule has 29 heavy (non-hydrogen) atoms. The van der Waals surface area contributed by atoms with Crippen LogP contribution in [0.1, 0.15) is 31.0 Å². The SMILES string of the molecule is CN(C)c1ccc2nnc(C3CCN(CC4(O)CCN(S(C)(=O)=O)C4)CC3)n2n1. The number of aromatic nitrogens is 4. The number of β-amino-alcohol motifs (C(OH)–C–C–N with tert-alkyl or cyclic N) is 1. The standard InChI is InChI=1S/C18H29N7O3S/c1-22(2)16-5-4-15-19-20-17(25(15)21-16)14-6-9-23(10-7-14)12-18(26)8-11-24(13-18)29(3,27)28/h4-5,14,26H,6-13H2,1-3H3. The first kappa shape index (κ1) is 20.5. The van der Waals surface area contributed by atoms with Crippen molar-refractivity contribution in [2.75, 3.05) is 58.0 Å². The van der Waals surface area contributed by atoms with Crippen LogP contribution in [0.3, 0.4) is 0 Å². The van der Waals surface area contributed by atoms with E-state index in [4.69, 9.17) is 0 Å². The lowest BCUT2D eigenvalue weighted by atomic mass is 9.94. The van der Waals surface area contributed by atoms with E-state index in [2.05, 4.69) is 20.2 Å². The van der Waals surface area contributed by atoms with E-state index in [1.54, 1.807) is 0 Å². The number of fused-ring (bicyclic) bond motifs is 1. The minimum absolute atomic E-state index is 0.178. The van der Waals surface area contributed by atoms with Crippen LogP contribution in [0.4, 0.5) is 5.82 Å². The van der Waals surface area contributed by atoms with Gasteiger partial charge in [0, 0.05) is 39.6 Å². The first-order valence-electron chi connectivity index (χ1n) is 9.94. The predicted molar refractivity (Wildman–Crippen MR) is 110 cm³/mol. The van der Waals surface area contributed by atoms with Gasteiger partial charge in [0.05, 0.1) is 11.9 Å². The van der Waals surface area contributed by atoms with Gasteiger partial charge in [0.25, 0.3) is 0 Å². The van der Waals surface area contributed by atoms with Gasteiger partial charge in [-0.2, -0.15) is 8.82 Å². The van der Waals surface area contributed by atoms with Crippen molar-refractivity contribution in [3.8, 4) is 0 Å². The van der Waals surface area contributed by atoms with Crippen molar-refractivity contribution in [3.05, 3.63) is 18.0 Å². The average molecular weight is 424 g/mol. The molecule has 160 valence electrons. The summed E-state index contributed by atoms with van der Waals surface area (Å²) in [6.07, 6.45) is 3.48. The fraction of sp³-hybridized carbons (Fsp3) is 0.722. The third-order valence-corrected chi connectivity index (χ3v) is 7.22. The number of hydrogen-bond acceptors (Lipinski definition) is 8. The lowest BCUT2D eigenvalue weighted by molar-refractivity contribution is 0.00960. The Kier molecular flexibility index (Phi) is 5.26. The summed E-state index contributed by atoms with van der Waals surface area (Å²) in [5, 5.41) is 24.2. The second-order valence-corrected chi connectivity index (χ2v) is 10.5. The van der Waals surface area contributed by atoms with E-state index in [1.807, 2.05) is 35.6 Å². The Balaban J connectivity index is 1.40. The Hall–Kier alpha value is -1.82. The zero-order valence-corrected chi connectivity index (χ0v) is 18.0. The fourth-order valence-corrected chi connectivity index (χ4v) is 5.18. The second-order valence-electron chi connectivity index (χ2n) is 8.54. The summed E-state index contributed by atoms with van der Waals surface area (Å²) in [5.41, 5.74) is -0.228. The van der Waals surface area contributed by atoms with Crippen molar-refractivity contribution in [3.63, 3.8) is 0 Å². The number of sulfonamides is 1. The van der Waals surface area contributed by atoms with Crippen LogP contribution in [0, 0.1) is 0 Å². The molecular formula is C18H29N7O3S. The smallest absolute Gasteiger partial charge is 0.211 e. The van der Waals surface area contributed by atoms with E-state index in [1.165, 1.54) is 10.6 Å². The maximum absolute atomic E-state index is 11.7. The van der Waals surface area contributed by atoms with E-state index < -0.39 is 15.6 Å². The average Bonchev–Trinajstić information content (AvgIpc) is 3.25. The molecule has 0 aliphatic carbocycles. The number of piperidine rings is 1. The molecule has 11 heteroatoms. The topological polar surface area (TPSA) is 107 Å². The molecule has 2 aromatic heterocycles. The van der Waals surface area contributed by atoms with Gasteiger partial charge >= 0.3 is 0 Å². The lowest BCUT2D eigenvalue weighted by Crippen LogP contribution is -2.48. The summed E-state index contributed by atoms with van der Waals surface area (Å²) in [6.45, 7) is 2.72. The maximum atomic E-state index is 11.7. The highest BCUT2D eigenvalue weighted by Crippen LogP contribution is 2.30. The molecule has 0 aromatic carbocycles. The Morgan fingerprint density at radius 2 is 1.93 bits per heavy atom. The molecule has 4 rings (SSSR count). The van der Waals surface area contributed by atoms with Crippen molar-refractivity contribution in [2.24, 2.45) is 0 Å². The van der Waals surface area contributed by atoms with Gasteiger partial charge < -0.3 is 14.9 Å². The second kappa shape index (κ2) is 7.46. The molecule has 0 saturated carbocycles. The summed E-state index contributed by atoms with van der Waals surface area (Å²) >= 11 is 0. The van der Waals surface area contributed by atoms with E-state index in [9.17, 15) is 13.5 Å². The summed E-state index contributed by atoms with van der Waals surface area (Å²) in [7, 11) is 0.651. The Morgan fingerprint density at radius 3 is 2.55 bits per heavy atom. The van der Waals surface area contributed by atoms with Gasteiger partial charge in [0.15, 0.2) is 11.5 Å². The van der Waals surface area contributed by atoms with Gasteiger partial charge in [-0.1, -0.05) is 0 Å². The van der Waals surface area contributed by atoms with E-state index in [0.717, 1.165) is 43.2 Å². The number of rotatable bonds is 5. The number of anilines is 1. The minimum atomic E-state index is -3.26. The Morgan fingerprint density at radius 1 is 1.21 bits per heavy atom. The van der Waals surface area contributed by atoms with Gasteiger partial charge in [0.2, 0.25) is 10.0 Å². The first-order valence-corrected chi connectivity index (χ1v) is 11.8. The van der Waals surface area contributed by atoms with Gasteiger partial charge in [-0.3, -0.25) is 0 Å². The van der Waals surface area contributed by atoms with E-state index in [-0.39, 0.29) is 12.5 Å². The van der Waals surface area contributed by atoms with Crippen LogP contribution in [0.5, 0.6) is 0 Å². The van der Waals surface area contributed by atoms with E-state index >= 15 is 0 Å². The Labute approximate surface area is 171 Å². The highest BCUT2D eigenvalue weighted by atomic mass is 32.2. The summed E-state index contributed by atoms with van der Waals surface area (Å²) in [6, 6.07) is 3.86. The van der Waals surface area contributed by atoms with Gasteiger partial charge in [-0.05, 0) is 44.5 Å². The Bertz CT molecular complexity index is 985. The predicted octanol–water partition coefficient (Wildman–Crippen LogP) is -0.234. The lowest BCUT2D eigenvalue weighted by Gasteiger charge is -2.36. The van der Waals surface area contributed by atoms with E-state index in [0.29, 0.717) is 19.5 Å². The molecule has 2 saturated heterocycles. The maximum Gasteiger partial charge on any atom is 0.211 e. The molecule has 0 radical (unpaired) electrons. The molecule has 1 N–H and O–H groups in total. The monoisotopic (exact) mass is 423 g/mol. The molecule has 2 fully saturated rings. The van der Waals surface area contributed by atoms with Crippen molar-refractivity contribution in [1.82, 2.24) is 29.0 Å². The third-order valence-electron chi connectivity index (χ3n) is 5.97. The molecule has 0 spiro atoms. The number of nitrogens with zero attached hydrogens (tertiary/aromatic N) is 7. The fourth-order valence-electron chi connectivity index (χ4n) is 4.29. The molecule has 0 bridgehead atoms. The van der Waals surface area contributed by atoms with Crippen LogP contribution in [0.25, 0.3) is 5.65 Å². The number of aliphatic hydroxyl groups is 1. The van der Waals surface area contributed by atoms with Crippen molar-refractivity contribution in [1.29, 1.82) is 0 Å². The highest BCUT2D eigenvalue weighted by Gasteiger charge is 2.41. The summed E-state index contributed by atoms with van der Waals surface area (Å²) in [4.78, 5) is 4.18. The highest BCUT2D eigenvalue weighted by molar-refractivity contribution is 7.88. The van der Waals surface area contributed by atoms with Crippen LogP contribution in [-0.2, 0) is 10.0 Å². The van der Waals surface area contributed by atoms with Crippen LogP contribution >= 0.6 is 0 Å². The molecular weight excluding hydrogens is 394 g/mol. The molecule has 2 aliphatic heterocycles. The molecule has 10 nitrogen and oxygen atoms in total. The zero-order valence-electron chi connectivity index (χ0n) is 17.2. The molecule has 4 heterocycles. The quantitative estimate of drug-likeness (QED) is 0.703. The van der Waals surface area contributed by atoms with Crippen molar-refractivity contribution >= 4 is 21.5 Å². The molecule has 0 amide bonds. The molecule has 2 aliphatic rings. The normalized spacial score (nSPS) is 25.1. The first-order chi connectivity index (χ1) is 13.6. The van der Waals surface area contributed by atoms with Gasteiger partial charge in [0.1, 0.15) is 5.82 Å². The van der Waals surface area contributed by atoms with Crippen LogP contribution in [0.15, 0.2) is 12.1 Å². The number of hydrogen-bond donors (Lipinski definition) is 1. The summed E-state index contributed by atoms with van der Waals surface area (Å²) in [5.74, 6) is 2.00. The minimum Gasteiger partial charge on any atom is -0.387 e. The van der Waals surface area contributed by atoms with Crippen LogP contribution in [0.2, 0.25) is 0 Å².